The van der Waals surface area contributed by atoms with Gasteiger partial charge in [-0.15, -0.1) is 5.10 Å². The molecule has 1 heterocycles. The van der Waals surface area contributed by atoms with Crippen LogP contribution in [0.2, 0.25) is 10.0 Å². The number of hydrogen-bond acceptors (Lipinski definition) is 3. The minimum atomic E-state index is -0.323. The molecule has 0 fully saturated rings. The molecule has 1 N–H and O–H groups in total. The number of carbonyl (C=O) groups excluding carboxylic acids is 1. The normalized spacial score (nSPS) is 10.7. The van der Waals surface area contributed by atoms with Crippen molar-refractivity contribution in [3.05, 3.63) is 75.8 Å². The van der Waals surface area contributed by atoms with Gasteiger partial charge in [-0.25, -0.2) is 9.67 Å². The van der Waals surface area contributed by atoms with E-state index >= 15 is 0 Å². The Labute approximate surface area is 155 Å². The zero-order valence-electron chi connectivity index (χ0n) is 13.5. The Balaban J connectivity index is 1.59. The van der Waals surface area contributed by atoms with Crippen LogP contribution >= 0.6 is 23.2 Å². The zero-order chi connectivity index (χ0) is 17.8. The van der Waals surface area contributed by atoms with Crippen molar-refractivity contribution in [3.63, 3.8) is 0 Å². The van der Waals surface area contributed by atoms with E-state index in [1.807, 2.05) is 37.3 Å². The maximum absolute atomic E-state index is 12.2. The highest BCUT2D eigenvalue weighted by atomic mass is 35.5. The number of nitrogens with zero attached hydrogens (tertiary/aromatic N) is 3. The molecule has 0 aliphatic carbocycles. The van der Waals surface area contributed by atoms with Gasteiger partial charge in [-0.1, -0.05) is 47.0 Å². The van der Waals surface area contributed by atoms with Crippen LogP contribution in [0.3, 0.4) is 0 Å². The summed E-state index contributed by atoms with van der Waals surface area (Å²) >= 11 is 12.0. The van der Waals surface area contributed by atoms with Crippen molar-refractivity contribution in [3.8, 4) is 5.69 Å². The van der Waals surface area contributed by atoms with Crippen molar-refractivity contribution in [1.82, 2.24) is 20.1 Å². The van der Waals surface area contributed by atoms with Gasteiger partial charge in [0.05, 0.1) is 5.69 Å². The number of aromatic nitrogens is 3. The molecular formula is C18H16Cl2N4O. The number of aryl methyl sites for hydroxylation is 1. The molecule has 7 heteroatoms. The third-order valence-electron chi connectivity index (χ3n) is 3.69. The van der Waals surface area contributed by atoms with Crippen LogP contribution in [0, 0.1) is 6.92 Å². The quantitative estimate of drug-likeness (QED) is 0.737. The van der Waals surface area contributed by atoms with Gasteiger partial charge in [0, 0.05) is 16.6 Å². The van der Waals surface area contributed by atoms with Crippen molar-refractivity contribution in [2.75, 3.05) is 6.54 Å². The van der Waals surface area contributed by atoms with Gasteiger partial charge in [0.1, 0.15) is 6.33 Å². The molecule has 2 aromatic carbocycles. The van der Waals surface area contributed by atoms with Crippen LogP contribution in [0.5, 0.6) is 0 Å². The fourth-order valence-corrected chi connectivity index (χ4v) is 2.81. The molecular weight excluding hydrogens is 359 g/mol. The molecule has 0 bridgehead atoms. The number of nitrogens with one attached hydrogen (secondary N) is 1. The summed E-state index contributed by atoms with van der Waals surface area (Å²) in [5.74, 6) is -0.196. The fraction of sp³-hybridized carbons (Fsp3) is 0.167. The second kappa shape index (κ2) is 7.68. The second-order valence-corrected chi connectivity index (χ2v) is 6.43. The Morgan fingerprint density at radius 3 is 2.64 bits per heavy atom. The highest BCUT2D eigenvalue weighted by Gasteiger charge is 2.12. The van der Waals surface area contributed by atoms with Crippen LogP contribution in [0.25, 0.3) is 5.69 Å². The smallest absolute Gasteiger partial charge is 0.290 e. The molecule has 1 amide bonds. The topological polar surface area (TPSA) is 59.8 Å². The van der Waals surface area contributed by atoms with Crippen molar-refractivity contribution >= 4 is 29.1 Å². The summed E-state index contributed by atoms with van der Waals surface area (Å²) < 4.78 is 1.57. The highest BCUT2D eigenvalue weighted by Crippen LogP contribution is 2.21. The highest BCUT2D eigenvalue weighted by molar-refractivity contribution is 6.35. The van der Waals surface area contributed by atoms with E-state index in [4.69, 9.17) is 23.2 Å². The minimum absolute atomic E-state index is 0.128. The van der Waals surface area contributed by atoms with Crippen LogP contribution in [0.15, 0.2) is 48.8 Å². The second-order valence-electron chi connectivity index (χ2n) is 5.59. The predicted octanol–water partition coefficient (Wildman–Crippen LogP) is 3.86. The van der Waals surface area contributed by atoms with Crippen LogP contribution in [0.1, 0.15) is 21.7 Å². The van der Waals surface area contributed by atoms with Gasteiger partial charge in [0.25, 0.3) is 5.91 Å². The van der Waals surface area contributed by atoms with E-state index < -0.39 is 0 Å². The van der Waals surface area contributed by atoms with E-state index in [2.05, 4.69) is 15.4 Å². The van der Waals surface area contributed by atoms with Crippen LogP contribution in [-0.2, 0) is 6.42 Å². The maximum Gasteiger partial charge on any atom is 0.290 e. The molecule has 0 aliphatic rings. The molecule has 128 valence electrons. The number of amides is 1. The first kappa shape index (κ1) is 17.5. The predicted molar refractivity (Wildman–Crippen MR) is 98.6 cm³/mol. The number of carbonyl (C=O) groups is 1. The maximum atomic E-state index is 12.2. The van der Waals surface area contributed by atoms with E-state index in [0.717, 1.165) is 16.8 Å². The molecule has 0 unspecified atom stereocenters. The molecule has 0 radical (unpaired) electrons. The number of rotatable bonds is 5. The first-order chi connectivity index (χ1) is 12.0. The van der Waals surface area contributed by atoms with Crippen LogP contribution < -0.4 is 5.32 Å². The van der Waals surface area contributed by atoms with Gasteiger partial charge < -0.3 is 5.32 Å². The third kappa shape index (κ3) is 4.38. The standard InChI is InChI=1S/C18H16Cl2N4O/c1-12-2-6-15(7-3-12)24-11-22-17(23-24)18(25)21-9-8-13-4-5-14(19)10-16(13)20/h2-7,10-11H,8-9H2,1H3,(H,21,25). The zero-order valence-corrected chi connectivity index (χ0v) is 15.1. The lowest BCUT2D eigenvalue weighted by Crippen LogP contribution is -2.27. The molecule has 5 nitrogen and oxygen atoms in total. The summed E-state index contributed by atoms with van der Waals surface area (Å²) in [5.41, 5.74) is 2.93. The monoisotopic (exact) mass is 374 g/mol. The molecule has 3 aromatic rings. The molecule has 25 heavy (non-hydrogen) atoms. The van der Waals surface area contributed by atoms with Gasteiger partial charge in [0.15, 0.2) is 0 Å². The largest absolute Gasteiger partial charge is 0.349 e. The summed E-state index contributed by atoms with van der Waals surface area (Å²) in [6.07, 6.45) is 2.12. The lowest BCUT2D eigenvalue weighted by atomic mass is 10.1. The Kier molecular flexibility index (Phi) is 5.36. The van der Waals surface area contributed by atoms with Gasteiger partial charge in [0.2, 0.25) is 5.82 Å². The Hall–Kier alpha value is -2.37. The van der Waals surface area contributed by atoms with Crippen LogP contribution in [0.4, 0.5) is 0 Å². The van der Waals surface area contributed by atoms with E-state index in [0.29, 0.717) is 23.0 Å². The van der Waals surface area contributed by atoms with Gasteiger partial charge in [-0.05, 0) is 43.2 Å². The Bertz CT molecular complexity index is 890. The lowest BCUT2D eigenvalue weighted by Gasteiger charge is -2.05. The molecule has 0 spiro atoms. The van der Waals surface area contributed by atoms with Crippen molar-refractivity contribution in [1.29, 1.82) is 0 Å². The lowest BCUT2D eigenvalue weighted by molar-refractivity contribution is 0.0944. The van der Waals surface area contributed by atoms with Crippen LogP contribution in [-0.4, -0.2) is 27.2 Å². The van der Waals surface area contributed by atoms with E-state index in [-0.39, 0.29) is 11.7 Å². The molecule has 1 aromatic heterocycles. The third-order valence-corrected chi connectivity index (χ3v) is 4.28. The van der Waals surface area contributed by atoms with Crippen molar-refractivity contribution in [2.45, 2.75) is 13.3 Å². The minimum Gasteiger partial charge on any atom is -0.349 e. The number of benzene rings is 2. The average molecular weight is 375 g/mol. The number of halogens is 2. The molecule has 0 atom stereocenters. The van der Waals surface area contributed by atoms with Crippen molar-refractivity contribution < 1.29 is 4.79 Å². The van der Waals surface area contributed by atoms with E-state index in [9.17, 15) is 4.79 Å². The summed E-state index contributed by atoms with van der Waals surface area (Å²) in [7, 11) is 0. The SMILES string of the molecule is Cc1ccc(-n2cnc(C(=O)NCCc3ccc(Cl)cc3Cl)n2)cc1. The Morgan fingerprint density at radius 2 is 1.92 bits per heavy atom. The summed E-state index contributed by atoms with van der Waals surface area (Å²) in [4.78, 5) is 16.2. The first-order valence-corrected chi connectivity index (χ1v) is 8.49. The molecule has 0 saturated carbocycles. The summed E-state index contributed by atoms with van der Waals surface area (Å²) in [5, 5.41) is 8.18. The summed E-state index contributed by atoms with van der Waals surface area (Å²) in [6.45, 7) is 2.44. The average Bonchev–Trinajstić information content (AvgIpc) is 3.07. The summed E-state index contributed by atoms with van der Waals surface area (Å²) in [6, 6.07) is 13.1. The Morgan fingerprint density at radius 1 is 1.16 bits per heavy atom. The van der Waals surface area contributed by atoms with E-state index in [1.54, 1.807) is 16.8 Å². The van der Waals surface area contributed by atoms with Gasteiger partial charge in [-0.3, -0.25) is 4.79 Å². The molecule has 0 saturated heterocycles. The fourth-order valence-electron chi connectivity index (χ4n) is 2.30. The van der Waals surface area contributed by atoms with E-state index in [1.165, 1.54) is 6.33 Å². The molecule has 0 aliphatic heterocycles. The molecule has 3 rings (SSSR count). The van der Waals surface area contributed by atoms with Gasteiger partial charge in [-0.2, -0.15) is 0 Å². The van der Waals surface area contributed by atoms with Crippen molar-refractivity contribution in [2.24, 2.45) is 0 Å². The number of hydrogen-bond donors (Lipinski definition) is 1. The first-order valence-electron chi connectivity index (χ1n) is 7.74. The van der Waals surface area contributed by atoms with Gasteiger partial charge >= 0.3 is 0 Å².